The minimum absolute atomic E-state index is 0.226. The number of hydrogen-bond acceptors (Lipinski definition) is 6. The summed E-state index contributed by atoms with van der Waals surface area (Å²) < 4.78 is 0. The number of nitrogens with one attached hydrogen (secondary N) is 2. The largest absolute Gasteiger partial charge is 0.480 e. The Labute approximate surface area is 119 Å². The zero-order chi connectivity index (χ0) is 15.4. The molecule has 0 saturated heterocycles. The van der Waals surface area contributed by atoms with Crippen LogP contribution in [-0.4, -0.2) is 54.9 Å². The summed E-state index contributed by atoms with van der Waals surface area (Å²) >= 11 is 0. The van der Waals surface area contributed by atoms with E-state index in [0.29, 0.717) is 11.4 Å². The normalized spacial score (nSPS) is 13.4. The van der Waals surface area contributed by atoms with Crippen LogP contribution in [0.5, 0.6) is 0 Å². The fraction of sp³-hybridized carbons (Fsp3) is 0.250. The fourth-order valence-corrected chi connectivity index (χ4v) is 1.70. The summed E-state index contributed by atoms with van der Waals surface area (Å²) in [4.78, 5) is 23.0. The summed E-state index contributed by atoms with van der Waals surface area (Å²) in [6.07, 6.45) is -1.22. The van der Waals surface area contributed by atoms with Gasteiger partial charge in [0, 0.05) is 11.1 Å². The number of rotatable bonds is 5. The summed E-state index contributed by atoms with van der Waals surface area (Å²) in [7, 11) is 0. The number of carboxylic acid groups (broad SMARTS) is 1. The molecule has 1 heterocycles. The maximum atomic E-state index is 12.0. The van der Waals surface area contributed by atoms with E-state index >= 15 is 0 Å². The predicted octanol–water partition coefficient (Wildman–Crippen LogP) is -0.570. The van der Waals surface area contributed by atoms with Crippen LogP contribution in [0.25, 0.3) is 11.4 Å². The highest BCUT2D eigenvalue weighted by Crippen LogP contribution is 2.15. The van der Waals surface area contributed by atoms with Crippen LogP contribution in [0, 0.1) is 0 Å². The van der Waals surface area contributed by atoms with Crippen molar-refractivity contribution in [2.24, 2.45) is 0 Å². The maximum absolute atomic E-state index is 12.0. The number of hydrogen-bond donors (Lipinski definition) is 4. The number of nitrogens with zero attached hydrogens (tertiary/aromatic N) is 3. The molecule has 21 heavy (non-hydrogen) atoms. The fourth-order valence-electron chi connectivity index (χ4n) is 1.70. The number of benzene rings is 1. The number of aromatic nitrogens is 4. The van der Waals surface area contributed by atoms with Crippen LogP contribution in [0.2, 0.25) is 0 Å². The Morgan fingerprint density at radius 1 is 1.38 bits per heavy atom. The van der Waals surface area contributed by atoms with Gasteiger partial charge in [-0.05, 0) is 24.3 Å². The van der Waals surface area contributed by atoms with Gasteiger partial charge in [0.05, 0.1) is 6.10 Å². The van der Waals surface area contributed by atoms with Crippen LogP contribution in [0.1, 0.15) is 17.3 Å². The third kappa shape index (κ3) is 3.39. The maximum Gasteiger partial charge on any atom is 0.328 e. The average molecular weight is 291 g/mol. The lowest BCUT2D eigenvalue weighted by Gasteiger charge is -2.17. The molecule has 0 aliphatic carbocycles. The smallest absolute Gasteiger partial charge is 0.328 e. The minimum atomic E-state index is -1.38. The molecule has 2 rings (SSSR count). The molecule has 2 aromatic rings. The second kappa shape index (κ2) is 6.09. The van der Waals surface area contributed by atoms with Gasteiger partial charge in [-0.3, -0.25) is 4.79 Å². The Bertz CT molecular complexity index is 641. The van der Waals surface area contributed by atoms with Gasteiger partial charge in [0.1, 0.15) is 0 Å². The van der Waals surface area contributed by atoms with Crippen molar-refractivity contribution in [1.29, 1.82) is 0 Å². The van der Waals surface area contributed by atoms with Crippen LogP contribution >= 0.6 is 0 Å². The molecule has 0 aliphatic heterocycles. The molecule has 0 bridgehead atoms. The molecule has 0 unspecified atom stereocenters. The molecule has 0 saturated carbocycles. The molecule has 0 spiro atoms. The van der Waals surface area contributed by atoms with Gasteiger partial charge in [-0.25, -0.2) is 4.79 Å². The van der Waals surface area contributed by atoms with Crippen molar-refractivity contribution in [3.05, 3.63) is 29.8 Å². The number of aromatic amines is 1. The lowest BCUT2D eigenvalue weighted by atomic mass is 10.1. The molecule has 110 valence electrons. The molecule has 1 aromatic carbocycles. The van der Waals surface area contributed by atoms with Crippen molar-refractivity contribution in [3.63, 3.8) is 0 Å². The van der Waals surface area contributed by atoms with E-state index in [1.54, 1.807) is 12.1 Å². The van der Waals surface area contributed by atoms with Crippen molar-refractivity contribution in [2.75, 3.05) is 0 Å². The standard InChI is InChI=1S/C12H13N5O4/c1-6(18)9(12(20)21)13-11(19)8-4-2-3-7(5-8)10-14-16-17-15-10/h2-6,9,18H,1H3,(H,13,19)(H,20,21)(H,14,15,16,17)/t6-,9+/m1/s1. The average Bonchev–Trinajstić information content (AvgIpc) is 2.98. The number of amides is 1. The Morgan fingerprint density at radius 2 is 2.14 bits per heavy atom. The molecule has 4 N–H and O–H groups in total. The number of carbonyl (C=O) groups excluding carboxylic acids is 1. The highest BCUT2D eigenvalue weighted by molar-refractivity contribution is 5.97. The monoisotopic (exact) mass is 291 g/mol. The highest BCUT2D eigenvalue weighted by atomic mass is 16.4. The van der Waals surface area contributed by atoms with Gasteiger partial charge < -0.3 is 15.5 Å². The molecule has 2 atom stereocenters. The molecule has 0 aliphatic rings. The van der Waals surface area contributed by atoms with Crippen LogP contribution in [-0.2, 0) is 4.79 Å². The van der Waals surface area contributed by atoms with Gasteiger partial charge in [-0.15, -0.1) is 10.2 Å². The Balaban J connectivity index is 2.20. The van der Waals surface area contributed by atoms with Gasteiger partial charge in [0.25, 0.3) is 5.91 Å². The second-order valence-corrected chi connectivity index (χ2v) is 4.35. The number of H-pyrrole nitrogens is 1. The first kappa shape index (κ1) is 14.6. The van der Waals surface area contributed by atoms with E-state index in [-0.39, 0.29) is 5.56 Å². The molecule has 9 heteroatoms. The van der Waals surface area contributed by atoms with Gasteiger partial charge in [-0.2, -0.15) is 5.21 Å². The topological polar surface area (TPSA) is 141 Å². The Hall–Kier alpha value is -2.81. The summed E-state index contributed by atoms with van der Waals surface area (Å²) in [5.74, 6) is -1.61. The first-order valence-electron chi connectivity index (χ1n) is 6.04. The van der Waals surface area contributed by atoms with Crippen LogP contribution in [0.4, 0.5) is 0 Å². The molecule has 9 nitrogen and oxygen atoms in total. The summed E-state index contributed by atoms with van der Waals surface area (Å²) in [6.45, 7) is 1.29. The van der Waals surface area contributed by atoms with Gasteiger partial charge in [0.2, 0.25) is 5.82 Å². The molecule has 1 aromatic heterocycles. The van der Waals surface area contributed by atoms with Crippen LogP contribution in [0.15, 0.2) is 24.3 Å². The van der Waals surface area contributed by atoms with E-state index in [0.717, 1.165) is 0 Å². The minimum Gasteiger partial charge on any atom is -0.480 e. The first-order chi connectivity index (χ1) is 9.99. The number of carbonyl (C=O) groups is 2. The zero-order valence-electron chi connectivity index (χ0n) is 11.0. The SMILES string of the molecule is C[C@@H](O)[C@H](NC(=O)c1cccc(-c2nn[nH]n2)c1)C(=O)O. The van der Waals surface area contributed by atoms with Crippen molar-refractivity contribution < 1.29 is 19.8 Å². The zero-order valence-corrected chi connectivity index (χ0v) is 11.0. The molecular formula is C12H13N5O4. The summed E-state index contributed by atoms with van der Waals surface area (Å²) in [6, 6.07) is 4.93. The lowest BCUT2D eigenvalue weighted by Crippen LogP contribution is -2.47. The van der Waals surface area contributed by atoms with Gasteiger partial charge in [0.15, 0.2) is 6.04 Å². The third-order valence-electron chi connectivity index (χ3n) is 2.76. The molecule has 0 radical (unpaired) electrons. The van der Waals surface area contributed by atoms with Gasteiger partial charge in [-0.1, -0.05) is 12.1 Å². The van der Waals surface area contributed by atoms with E-state index in [1.807, 2.05) is 0 Å². The number of aliphatic carboxylic acids is 1. The van der Waals surface area contributed by atoms with E-state index < -0.39 is 24.0 Å². The quantitative estimate of drug-likeness (QED) is 0.578. The Morgan fingerprint density at radius 3 is 2.71 bits per heavy atom. The van der Waals surface area contributed by atoms with Crippen LogP contribution in [0.3, 0.4) is 0 Å². The summed E-state index contributed by atoms with van der Waals surface area (Å²) in [5.41, 5.74) is 0.782. The van der Waals surface area contributed by atoms with E-state index in [1.165, 1.54) is 19.1 Å². The Kier molecular flexibility index (Phi) is 4.24. The summed E-state index contributed by atoms with van der Waals surface area (Å²) in [5, 5.41) is 33.8. The second-order valence-electron chi connectivity index (χ2n) is 4.35. The predicted molar refractivity (Wildman–Crippen MR) is 70.2 cm³/mol. The number of carboxylic acids is 1. The third-order valence-corrected chi connectivity index (χ3v) is 2.76. The van der Waals surface area contributed by atoms with Crippen molar-refractivity contribution in [1.82, 2.24) is 25.9 Å². The van der Waals surface area contributed by atoms with E-state index in [4.69, 9.17) is 5.11 Å². The highest BCUT2D eigenvalue weighted by Gasteiger charge is 2.25. The van der Waals surface area contributed by atoms with Crippen LogP contribution < -0.4 is 5.32 Å². The number of tetrazole rings is 1. The molecule has 1 amide bonds. The lowest BCUT2D eigenvalue weighted by molar-refractivity contribution is -0.141. The number of aliphatic hydroxyl groups is 1. The van der Waals surface area contributed by atoms with Crippen molar-refractivity contribution >= 4 is 11.9 Å². The van der Waals surface area contributed by atoms with Gasteiger partial charge >= 0.3 is 5.97 Å². The first-order valence-corrected chi connectivity index (χ1v) is 6.04. The van der Waals surface area contributed by atoms with Crippen molar-refractivity contribution in [3.8, 4) is 11.4 Å². The number of aliphatic hydroxyl groups excluding tert-OH is 1. The van der Waals surface area contributed by atoms with E-state index in [2.05, 4.69) is 25.9 Å². The molecule has 0 fully saturated rings. The molecular weight excluding hydrogens is 278 g/mol. The van der Waals surface area contributed by atoms with Crippen molar-refractivity contribution in [2.45, 2.75) is 19.1 Å². The van der Waals surface area contributed by atoms with E-state index in [9.17, 15) is 14.7 Å².